The smallest absolute Gasteiger partial charge is 0.253 e. The van der Waals surface area contributed by atoms with Crippen LogP contribution in [0.1, 0.15) is 28.3 Å². The average Bonchev–Trinajstić information content (AvgIpc) is 3.07. The van der Waals surface area contributed by atoms with Crippen molar-refractivity contribution in [2.24, 2.45) is 5.92 Å². The van der Waals surface area contributed by atoms with E-state index in [0.29, 0.717) is 33.5 Å². The minimum atomic E-state index is -1.33. The number of halogens is 5. The first-order chi connectivity index (χ1) is 15.1. The lowest BCUT2D eigenvalue weighted by molar-refractivity contribution is -0.117. The highest BCUT2D eigenvalue weighted by Gasteiger charge is 2.67. The van der Waals surface area contributed by atoms with E-state index in [0.717, 1.165) is 0 Å². The Morgan fingerprint density at radius 1 is 1.03 bits per heavy atom. The Labute approximate surface area is 213 Å². The maximum atomic E-state index is 12.9. The molecule has 0 aromatic heterocycles. The lowest BCUT2D eigenvalue weighted by Gasteiger charge is -2.13. The van der Waals surface area contributed by atoms with E-state index in [1.165, 1.54) is 23.9 Å². The third-order valence-corrected chi connectivity index (χ3v) is 8.01. The molecule has 2 aromatic carbocycles. The van der Waals surface area contributed by atoms with Crippen molar-refractivity contribution in [3.8, 4) is 0 Å². The summed E-state index contributed by atoms with van der Waals surface area (Å²) in [5.74, 6) is -1.50. The van der Waals surface area contributed by atoms with E-state index in [2.05, 4.69) is 10.6 Å². The molecule has 32 heavy (non-hydrogen) atoms. The number of anilines is 1. The second kappa shape index (κ2) is 9.24. The fraction of sp³-hybridized carbons (Fsp3) is 0.286. The standard InChI is InChI=1S/C21H15Cl5N2O3S/c22-10-5-9(6-11(23)7-10)16-17(21(16,25)26)19(30)27-12-1-2-14(24)13(8-12)18(29)28-15-3-4-32-20(15)31/h1-2,5-8,15-17H,3-4H2,(H,27,30)(H,28,29). The summed E-state index contributed by atoms with van der Waals surface area (Å²) in [7, 11) is 0. The van der Waals surface area contributed by atoms with Crippen molar-refractivity contribution in [2.45, 2.75) is 22.7 Å². The summed E-state index contributed by atoms with van der Waals surface area (Å²) >= 11 is 32.3. The molecule has 1 heterocycles. The molecule has 2 N–H and O–H groups in total. The van der Waals surface area contributed by atoms with Crippen molar-refractivity contribution in [2.75, 3.05) is 11.1 Å². The molecular weight excluding hydrogens is 538 g/mol. The van der Waals surface area contributed by atoms with Crippen LogP contribution in [0.15, 0.2) is 36.4 Å². The van der Waals surface area contributed by atoms with Crippen LogP contribution in [0.2, 0.25) is 15.1 Å². The van der Waals surface area contributed by atoms with Gasteiger partial charge < -0.3 is 10.6 Å². The van der Waals surface area contributed by atoms with E-state index in [-0.39, 0.29) is 15.7 Å². The quantitative estimate of drug-likeness (QED) is 0.451. The van der Waals surface area contributed by atoms with Crippen LogP contribution in [0, 0.1) is 5.92 Å². The van der Waals surface area contributed by atoms with Gasteiger partial charge in [0.15, 0.2) is 0 Å². The molecule has 1 saturated carbocycles. The van der Waals surface area contributed by atoms with Gasteiger partial charge in [-0.2, -0.15) is 0 Å². The first-order valence-electron chi connectivity index (χ1n) is 9.49. The molecule has 0 spiro atoms. The zero-order valence-electron chi connectivity index (χ0n) is 16.1. The number of carbonyl (C=O) groups is 3. The molecule has 0 radical (unpaired) electrons. The van der Waals surface area contributed by atoms with Gasteiger partial charge in [0.1, 0.15) is 4.33 Å². The molecule has 4 rings (SSSR count). The SMILES string of the molecule is O=C(NC1CCSC1=O)c1cc(NC(=O)C2C(c3cc(Cl)cc(Cl)c3)C2(Cl)Cl)ccc1Cl. The Hall–Kier alpha value is -1.15. The van der Waals surface area contributed by atoms with E-state index >= 15 is 0 Å². The van der Waals surface area contributed by atoms with Gasteiger partial charge in [0.25, 0.3) is 5.91 Å². The highest BCUT2D eigenvalue weighted by atomic mass is 35.5. The second-order valence-electron chi connectivity index (χ2n) is 7.50. The molecular formula is C21H15Cl5N2O3S. The summed E-state index contributed by atoms with van der Waals surface area (Å²) in [6.45, 7) is 0. The van der Waals surface area contributed by atoms with E-state index < -0.39 is 34.0 Å². The Morgan fingerprint density at radius 3 is 2.34 bits per heavy atom. The summed E-state index contributed by atoms with van der Waals surface area (Å²) in [5, 5.41) is 6.35. The Morgan fingerprint density at radius 2 is 1.72 bits per heavy atom. The van der Waals surface area contributed by atoms with E-state index in [9.17, 15) is 14.4 Å². The zero-order valence-corrected chi connectivity index (χ0v) is 20.7. The number of alkyl halides is 2. The number of rotatable bonds is 5. The zero-order chi connectivity index (χ0) is 23.2. The van der Waals surface area contributed by atoms with Crippen LogP contribution in [0.4, 0.5) is 5.69 Å². The molecule has 1 aliphatic heterocycles. The lowest BCUT2D eigenvalue weighted by atomic mass is 10.1. The number of thioether (sulfide) groups is 1. The summed E-state index contributed by atoms with van der Waals surface area (Å²) in [6.07, 6.45) is 0.563. The minimum absolute atomic E-state index is 0.0830. The molecule has 2 aliphatic rings. The largest absolute Gasteiger partial charge is 0.341 e. The fourth-order valence-corrected chi connectivity index (χ4v) is 6.19. The van der Waals surface area contributed by atoms with E-state index in [1.54, 1.807) is 24.3 Å². The Kier molecular flexibility index (Phi) is 6.93. The molecule has 5 nitrogen and oxygen atoms in total. The maximum Gasteiger partial charge on any atom is 0.253 e. The van der Waals surface area contributed by atoms with Crippen molar-refractivity contribution in [1.82, 2.24) is 5.32 Å². The molecule has 3 unspecified atom stereocenters. The summed E-state index contributed by atoms with van der Waals surface area (Å²) in [5.41, 5.74) is 1.14. The van der Waals surface area contributed by atoms with Gasteiger partial charge in [0.05, 0.1) is 22.5 Å². The summed E-state index contributed by atoms with van der Waals surface area (Å²) in [4.78, 5) is 37.3. The highest BCUT2D eigenvalue weighted by molar-refractivity contribution is 8.14. The van der Waals surface area contributed by atoms with Gasteiger partial charge in [-0.3, -0.25) is 14.4 Å². The normalized spacial score (nSPS) is 23.7. The predicted octanol–water partition coefficient (Wildman–Crippen LogP) is 5.93. The topological polar surface area (TPSA) is 75.3 Å². The van der Waals surface area contributed by atoms with Crippen LogP contribution in [0.25, 0.3) is 0 Å². The predicted molar refractivity (Wildman–Crippen MR) is 131 cm³/mol. The van der Waals surface area contributed by atoms with Crippen LogP contribution in [0.3, 0.4) is 0 Å². The van der Waals surface area contributed by atoms with Gasteiger partial charge in [-0.1, -0.05) is 46.6 Å². The third kappa shape index (κ3) is 4.86. The van der Waals surface area contributed by atoms with Gasteiger partial charge in [0, 0.05) is 27.4 Å². The van der Waals surface area contributed by atoms with Crippen LogP contribution < -0.4 is 10.6 Å². The first kappa shape index (κ1) is 24.0. The molecule has 168 valence electrons. The number of amides is 2. The lowest BCUT2D eigenvalue weighted by Crippen LogP contribution is -2.37. The van der Waals surface area contributed by atoms with Crippen molar-refractivity contribution < 1.29 is 14.4 Å². The van der Waals surface area contributed by atoms with Crippen molar-refractivity contribution in [3.63, 3.8) is 0 Å². The van der Waals surface area contributed by atoms with E-state index in [1.807, 2.05) is 0 Å². The number of benzene rings is 2. The number of nitrogens with one attached hydrogen (secondary N) is 2. The van der Waals surface area contributed by atoms with E-state index in [4.69, 9.17) is 58.0 Å². The molecule has 2 aromatic rings. The highest BCUT2D eigenvalue weighted by Crippen LogP contribution is 2.65. The van der Waals surface area contributed by atoms with Gasteiger partial charge in [-0.05, 0) is 48.4 Å². The molecule has 11 heteroatoms. The number of hydrogen-bond donors (Lipinski definition) is 2. The van der Waals surface area contributed by atoms with Crippen LogP contribution >= 0.6 is 69.8 Å². The molecule has 2 amide bonds. The summed E-state index contributed by atoms with van der Waals surface area (Å²) in [6, 6.07) is 8.85. The molecule has 2 fully saturated rings. The maximum absolute atomic E-state index is 12.9. The van der Waals surface area contributed by atoms with Crippen molar-refractivity contribution >= 4 is 92.4 Å². The second-order valence-corrected chi connectivity index (χ2v) is 11.3. The minimum Gasteiger partial charge on any atom is -0.341 e. The van der Waals surface area contributed by atoms with Crippen molar-refractivity contribution in [1.29, 1.82) is 0 Å². The van der Waals surface area contributed by atoms with Crippen LogP contribution in [0.5, 0.6) is 0 Å². The fourth-order valence-electron chi connectivity index (χ4n) is 3.68. The van der Waals surface area contributed by atoms with Gasteiger partial charge in [0.2, 0.25) is 11.0 Å². The number of carbonyl (C=O) groups excluding carboxylic acids is 3. The molecule has 1 aliphatic carbocycles. The van der Waals surface area contributed by atoms with Gasteiger partial charge >= 0.3 is 0 Å². The monoisotopic (exact) mass is 550 g/mol. The first-order valence-corrected chi connectivity index (χ1v) is 12.4. The van der Waals surface area contributed by atoms with Gasteiger partial charge in [-0.15, -0.1) is 23.2 Å². The average molecular weight is 553 g/mol. The molecule has 1 saturated heterocycles. The Bertz CT molecular complexity index is 1110. The van der Waals surface area contributed by atoms with Gasteiger partial charge in [-0.25, -0.2) is 0 Å². The van der Waals surface area contributed by atoms with Crippen LogP contribution in [-0.4, -0.2) is 33.1 Å². The molecule has 0 bridgehead atoms. The van der Waals surface area contributed by atoms with Crippen LogP contribution in [-0.2, 0) is 9.59 Å². The summed E-state index contributed by atoms with van der Waals surface area (Å²) < 4.78 is -1.33. The third-order valence-electron chi connectivity index (χ3n) is 5.30. The Balaban J connectivity index is 1.49. The van der Waals surface area contributed by atoms with Crippen molar-refractivity contribution in [3.05, 3.63) is 62.6 Å². The number of hydrogen-bond acceptors (Lipinski definition) is 4. The molecule has 3 atom stereocenters.